The molecule has 0 atom stereocenters. The number of hydrogen-bond acceptors (Lipinski definition) is 7. The summed E-state index contributed by atoms with van der Waals surface area (Å²) in [5, 5.41) is 7.68. The van der Waals surface area contributed by atoms with E-state index in [4.69, 9.17) is 9.05 Å². The van der Waals surface area contributed by atoms with E-state index in [1.807, 2.05) is 27.7 Å². The summed E-state index contributed by atoms with van der Waals surface area (Å²) in [6.07, 6.45) is 0.588. The number of sulfonamides is 1. The molecule has 0 bridgehead atoms. The lowest BCUT2D eigenvalue weighted by molar-refractivity contribution is 0.326. The number of nitrogens with zero attached hydrogens (tertiary/aromatic N) is 3. The third-order valence-electron chi connectivity index (χ3n) is 3.38. The van der Waals surface area contributed by atoms with Crippen LogP contribution < -0.4 is 4.72 Å². The number of aryl methyl sites for hydroxylation is 1. The van der Waals surface area contributed by atoms with Gasteiger partial charge < -0.3 is 9.05 Å². The fraction of sp³-hybridized carbons (Fsp3) is 0.667. The molecule has 0 aliphatic rings. The Labute approximate surface area is 142 Å². The molecule has 8 nitrogen and oxygen atoms in total. The molecular formula is C15H24N4O4S. The smallest absolute Gasteiger partial charge is 0.226 e. The van der Waals surface area contributed by atoms with Crippen molar-refractivity contribution in [1.29, 1.82) is 0 Å². The van der Waals surface area contributed by atoms with Crippen LogP contribution in [0.4, 0.5) is 0 Å². The molecule has 1 N–H and O–H groups in total. The predicted molar refractivity (Wildman–Crippen MR) is 87.7 cm³/mol. The molecule has 2 heterocycles. The molecule has 0 unspecified atom stereocenters. The first kappa shape index (κ1) is 18.6. The minimum atomic E-state index is -3.66. The third kappa shape index (κ3) is 4.41. The van der Waals surface area contributed by atoms with Gasteiger partial charge in [-0.1, -0.05) is 38.0 Å². The highest BCUT2D eigenvalue weighted by Crippen LogP contribution is 2.24. The van der Waals surface area contributed by atoms with Gasteiger partial charge in [0.15, 0.2) is 5.82 Å². The Morgan fingerprint density at radius 2 is 1.79 bits per heavy atom. The second-order valence-corrected chi connectivity index (χ2v) is 9.01. The first-order valence-electron chi connectivity index (χ1n) is 7.74. The van der Waals surface area contributed by atoms with Crippen molar-refractivity contribution < 1.29 is 17.5 Å². The van der Waals surface area contributed by atoms with E-state index in [-0.39, 0.29) is 11.2 Å². The van der Waals surface area contributed by atoms with Crippen molar-refractivity contribution in [2.24, 2.45) is 0 Å². The van der Waals surface area contributed by atoms with E-state index in [0.29, 0.717) is 29.6 Å². The Hall–Kier alpha value is -1.74. The Morgan fingerprint density at radius 3 is 2.29 bits per heavy atom. The molecule has 2 rings (SSSR count). The molecule has 0 aromatic carbocycles. The van der Waals surface area contributed by atoms with Gasteiger partial charge in [0.05, 0.1) is 5.54 Å². The molecule has 0 aliphatic carbocycles. The van der Waals surface area contributed by atoms with Crippen molar-refractivity contribution >= 4 is 10.0 Å². The van der Waals surface area contributed by atoms with Gasteiger partial charge in [0.2, 0.25) is 15.9 Å². The minimum absolute atomic E-state index is 0.233. The van der Waals surface area contributed by atoms with Crippen molar-refractivity contribution in [3.05, 3.63) is 29.2 Å². The standard InChI is InChI=1S/C15H24N4O4S/c1-7-12-16-13(18-23-12)15(5,6)19-24(20,21)9-10-8-11(22-17-10)14(2,3)4/h8,19H,7,9H2,1-6H3. The first-order chi connectivity index (χ1) is 10.9. The average Bonchev–Trinajstić information content (AvgIpc) is 3.04. The zero-order valence-corrected chi connectivity index (χ0v) is 15.7. The second kappa shape index (κ2) is 6.29. The van der Waals surface area contributed by atoms with E-state index in [9.17, 15) is 8.42 Å². The van der Waals surface area contributed by atoms with Gasteiger partial charge in [-0.2, -0.15) is 4.98 Å². The van der Waals surface area contributed by atoms with Crippen LogP contribution in [0.5, 0.6) is 0 Å². The van der Waals surface area contributed by atoms with Crippen molar-refractivity contribution in [1.82, 2.24) is 20.0 Å². The fourth-order valence-corrected chi connectivity index (χ4v) is 3.52. The lowest BCUT2D eigenvalue weighted by Crippen LogP contribution is -2.42. The summed E-state index contributed by atoms with van der Waals surface area (Å²) in [7, 11) is -3.66. The molecule has 134 valence electrons. The van der Waals surface area contributed by atoms with Crippen molar-refractivity contribution in [3.8, 4) is 0 Å². The molecule has 0 fully saturated rings. The van der Waals surface area contributed by atoms with Gasteiger partial charge in [-0.25, -0.2) is 13.1 Å². The van der Waals surface area contributed by atoms with E-state index in [2.05, 4.69) is 20.0 Å². The summed E-state index contributed by atoms with van der Waals surface area (Å²) in [5.41, 5.74) is -0.875. The molecule has 24 heavy (non-hydrogen) atoms. The van der Waals surface area contributed by atoms with Crippen LogP contribution in [-0.2, 0) is 33.2 Å². The maximum absolute atomic E-state index is 12.4. The van der Waals surface area contributed by atoms with Crippen LogP contribution in [0.1, 0.15) is 64.7 Å². The SMILES string of the molecule is CCc1nc(C(C)(C)NS(=O)(=O)Cc2cc(C(C)(C)C)on2)no1. The Kier molecular flexibility index (Phi) is 4.87. The number of aromatic nitrogens is 3. The predicted octanol–water partition coefficient (Wildman–Crippen LogP) is 2.27. The van der Waals surface area contributed by atoms with Crippen molar-refractivity contribution in [2.75, 3.05) is 0 Å². The molecule has 0 saturated carbocycles. The maximum atomic E-state index is 12.4. The Balaban J connectivity index is 2.14. The van der Waals surface area contributed by atoms with Crippen LogP contribution in [0.15, 0.2) is 15.1 Å². The average molecular weight is 356 g/mol. The van der Waals surface area contributed by atoms with Gasteiger partial charge >= 0.3 is 0 Å². The fourth-order valence-electron chi connectivity index (χ4n) is 2.05. The van der Waals surface area contributed by atoms with Gasteiger partial charge in [-0.15, -0.1) is 0 Å². The lowest BCUT2D eigenvalue weighted by atomic mass is 9.93. The Morgan fingerprint density at radius 1 is 1.12 bits per heavy atom. The quantitative estimate of drug-likeness (QED) is 0.845. The highest BCUT2D eigenvalue weighted by atomic mass is 32.2. The van der Waals surface area contributed by atoms with E-state index in [1.54, 1.807) is 19.9 Å². The molecule has 2 aromatic heterocycles. The van der Waals surface area contributed by atoms with Gasteiger partial charge in [-0.3, -0.25) is 0 Å². The van der Waals surface area contributed by atoms with Crippen LogP contribution in [-0.4, -0.2) is 23.7 Å². The van der Waals surface area contributed by atoms with Crippen molar-refractivity contribution in [2.45, 2.75) is 64.7 Å². The molecule has 0 amide bonds. The van der Waals surface area contributed by atoms with Crippen LogP contribution in [0, 0.1) is 0 Å². The summed E-state index contributed by atoms with van der Waals surface area (Å²) >= 11 is 0. The van der Waals surface area contributed by atoms with E-state index in [1.165, 1.54) is 0 Å². The molecular weight excluding hydrogens is 332 g/mol. The zero-order valence-electron chi connectivity index (χ0n) is 14.9. The molecule has 0 radical (unpaired) electrons. The van der Waals surface area contributed by atoms with Crippen molar-refractivity contribution in [3.63, 3.8) is 0 Å². The molecule has 2 aromatic rings. The summed E-state index contributed by atoms with van der Waals surface area (Å²) in [6.45, 7) is 11.1. The first-order valence-corrected chi connectivity index (χ1v) is 9.39. The van der Waals surface area contributed by atoms with E-state index < -0.39 is 15.6 Å². The lowest BCUT2D eigenvalue weighted by Gasteiger charge is -2.21. The maximum Gasteiger partial charge on any atom is 0.226 e. The van der Waals surface area contributed by atoms with E-state index >= 15 is 0 Å². The number of hydrogen-bond donors (Lipinski definition) is 1. The highest BCUT2D eigenvalue weighted by Gasteiger charge is 2.32. The van der Waals surface area contributed by atoms with Crippen LogP contribution in [0.25, 0.3) is 0 Å². The van der Waals surface area contributed by atoms with Gasteiger partial charge in [0, 0.05) is 17.9 Å². The van der Waals surface area contributed by atoms with Crippen LogP contribution in [0.2, 0.25) is 0 Å². The normalized spacial score (nSPS) is 13.4. The molecule has 0 spiro atoms. The van der Waals surface area contributed by atoms with Crippen LogP contribution in [0.3, 0.4) is 0 Å². The minimum Gasteiger partial charge on any atom is -0.361 e. The monoisotopic (exact) mass is 356 g/mol. The van der Waals surface area contributed by atoms with Gasteiger partial charge in [0.25, 0.3) is 0 Å². The zero-order chi connectivity index (χ0) is 18.2. The summed E-state index contributed by atoms with van der Waals surface area (Å²) in [5.74, 6) is 1.11. The molecule has 0 aliphatic heterocycles. The molecule has 9 heteroatoms. The second-order valence-electron chi connectivity index (χ2n) is 7.28. The molecule has 0 saturated heterocycles. The summed E-state index contributed by atoms with van der Waals surface area (Å²) in [4.78, 5) is 4.19. The highest BCUT2D eigenvalue weighted by molar-refractivity contribution is 7.88. The Bertz CT molecular complexity index is 800. The summed E-state index contributed by atoms with van der Waals surface area (Å²) in [6, 6.07) is 1.66. The number of rotatable bonds is 6. The van der Waals surface area contributed by atoms with Crippen LogP contribution >= 0.6 is 0 Å². The topological polar surface area (TPSA) is 111 Å². The third-order valence-corrected chi connectivity index (χ3v) is 4.87. The van der Waals surface area contributed by atoms with E-state index in [0.717, 1.165) is 0 Å². The van der Waals surface area contributed by atoms with Gasteiger partial charge in [-0.05, 0) is 13.8 Å². The summed E-state index contributed by atoms with van der Waals surface area (Å²) < 4.78 is 37.8. The van der Waals surface area contributed by atoms with Gasteiger partial charge in [0.1, 0.15) is 17.2 Å². The largest absolute Gasteiger partial charge is 0.361 e. The number of nitrogens with one attached hydrogen (secondary N) is 1.